The Kier molecular flexibility index (Phi) is 1.69. The Bertz CT molecular complexity index is 111. The van der Waals surface area contributed by atoms with Crippen LogP contribution in [0.25, 0.3) is 0 Å². The fraction of sp³-hybridized carbons (Fsp3) is 1.00. The number of hydrogen-bond donors (Lipinski definition) is 1. The van der Waals surface area contributed by atoms with Crippen LogP contribution in [0.1, 0.15) is 32.1 Å². The van der Waals surface area contributed by atoms with Crippen molar-refractivity contribution in [2.45, 2.75) is 32.1 Å². The second-order valence-corrected chi connectivity index (χ2v) is 3.95. The third-order valence-corrected chi connectivity index (χ3v) is 3.38. The highest BCUT2D eigenvalue weighted by Crippen LogP contribution is 2.49. The van der Waals surface area contributed by atoms with Crippen LogP contribution in [0.15, 0.2) is 0 Å². The maximum Gasteiger partial charge on any atom is 0.0433 e. The second kappa shape index (κ2) is 2.54. The van der Waals surface area contributed by atoms with Crippen molar-refractivity contribution in [1.29, 1.82) is 0 Å². The monoisotopic (exact) mass is 140 g/mol. The summed E-state index contributed by atoms with van der Waals surface area (Å²) in [4.78, 5) is 0. The minimum absolute atomic E-state index is 0.409. The molecular formula is C9H16O. The van der Waals surface area contributed by atoms with Gasteiger partial charge < -0.3 is 5.11 Å². The van der Waals surface area contributed by atoms with Crippen LogP contribution in [-0.2, 0) is 0 Å². The standard InChI is InChI=1S/C9H16O/c10-4-3-8-2-1-7-5-9(8)6-7/h7-10H,1-6H2. The molecule has 1 nitrogen and oxygen atoms in total. The zero-order valence-electron chi connectivity index (χ0n) is 6.42. The van der Waals surface area contributed by atoms with Gasteiger partial charge in [0.15, 0.2) is 0 Å². The molecule has 0 saturated heterocycles. The Balaban J connectivity index is 1.84. The molecule has 0 aromatic rings. The first-order valence-corrected chi connectivity index (χ1v) is 4.51. The number of hydrogen-bond acceptors (Lipinski definition) is 1. The summed E-state index contributed by atoms with van der Waals surface area (Å²) >= 11 is 0. The third kappa shape index (κ3) is 0.968. The number of aliphatic hydroxyl groups excluding tert-OH is 1. The summed E-state index contributed by atoms with van der Waals surface area (Å²) in [7, 11) is 0. The van der Waals surface area contributed by atoms with E-state index in [-0.39, 0.29) is 0 Å². The van der Waals surface area contributed by atoms with E-state index in [9.17, 15) is 0 Å². The average Bonchev–Trinajstić information content (AvgIpc) is 1.87. The van der Waals surface area contributed by atoms with E-state index in [0.29, 0.717) is 6.61 Å². The first-order chi connectivity index (χ1) is 4.90. The molecule has 1 N–H and O–H groups in total. The summed E-state index contributed by atoms with van der Waals surface area (Å²) in [5.74, 6) is 2.97. The minimum atomic E-state index is 0.409. The lowest BCUT2D eigenvalue weighted by Crippen LogP contribution is -2.36. The normalized spacial score (nSPS) is 44.7. The molecule has 58 valence electrons. The van der Waals surface area contributed by atoms with Gasteiger partial charge in [0.2, 0.25) is 0 Å². The fourth-order valence-corrected chi connectivity index (χ4v) is 2.64. The molecule has 0 amide bonds. The van der Waals surface area contributed by atoms with Gasteiger partial charge in [-0.1, -0.05) is 6.42 Å². The van der Waals surface area contributed by atoms with Crippen molar-refractivity contribution in [3.8, 4) is 0 Å². The quantitative estimate of drug-likeness (QED) is 0.620. The highest BCUT2D eigenvalue weighted by Gasteiger charge is 2.39. The van der Waals surface area contributed by atoms with Gasteiger partial charge >= 0.3 is 0 Å². The van der Waals surface area contributed by atoms with Gasteiger partial charge in [-0.05, 0) is 43.4 Å². The van der Waals surface area contributed by atoms with E-state index >= 15 is 0 Å². The van der Waals surface area contributed by atoms with Crippen molar-refractivity contribution in [3.63, 3.8) is 0 Å². The molecule has 3 rings (SSSR count). The predicted octanol–water partition coefficient (Wildman–Crippen LogP) is 1.80. The smallest absolute Gasteiger partial charge is 0.0433 e. The molecular weight excluding hydrogens is 124 g/mol. The Hall–Kier alpha value is -0.0400. The summed E-state index contributed by atoms with van der Waals surface area (Å²) in [5, 5.41) is 8.75. The molecule has 0 radical (unpaired) electrons. The van der Waals surface area contributed by atoms with E-state index < -0.39 is 0 Å². The maximum absolute atomic E-state index is 8.75. The largest absolute Gasteiger partial charge is 0.396 e. The summed E-state index contributed by atoms with van der Waals surface area (Å²) in [6, 6.07) is 0. The summed E-state index contributed by atoms with van der Waals surface area (Å²) < 4.78 is 0. The Morgan fingerprint density at radius 3 is 2.50 bits per heavy atom. The predicted molar refractivity (Wildman–Crippen MR) is 40.6 cm³/mol. The molecule has 0 heterocycles. The average molecular weight is 140 g/mol. The zero-order chi connectivity index (χ0) is 6.97. The molecule has 3 fully saturated rings. The van der Waals surface area contributed by atoms with E-state index in [1.54, 1.807) is 0 Å². The summed E-state index contributed by atoms with van der Waals surface area (Å²) in [6.07, 6.45) is 6.86. The topological polar surface area (TPSA) is 20.2 Å². The molecule has 0 aromatic heterocycles. The van der Waals surface area contributed by atoms with E-state index in [1.807, 2.05) is 0 Å². The van der Waals surface area contributed by atoms with Crippen LogP contribution in [0.5, 0.6) is 0 Å². The molecule has 1 heteroatoms. The highest BCUT2D eigenvalue weighted by molar-refractivity contribution is 4.89. The van der Waals surface area contributed by atoms with Crippen LogP contribution in [0, 0.1) is 17.8 Å². The maximum atomic E-state index is 8.75. The third-order valence-electron chi connectivity index (χ3n) is 3.38. The van der Waals surface area contributed by atoms with E-state index in [1.165, 1.54) is 25.7 Å². The first kappa shape index (κ1) is 6.66. The molecule has 0 aliphatic heterocycles. The van der Waals surface area contributed by atoms with Crippen LogP contribution in [0.4, 0.5) is 0 Å². The molecule has 3 aliphatic carbocycles. The Morgan fingerprint density at radius 2 is 2.00 bits per heavy atom. The van der Waals surface area contributed by atoms with E-state index in [0.717, 1.165) is 24.2 Å². The molecule has 1 unspecified atom stereocenters. The van der Waals surface area contributed by atoms with E-state index in [4.69, 9.17) is 5.11 Å². The molecule has 0 aromatic carbocycles. The van der Waals surface area contributed by atoms with Crippen LogP contribution >= 0.6 is 0 Å². The van der Waals surface area contributed by atoms with Gasteiger partial charge in [0, 0.05) is 6.61 Å². The Morgan fingerprint density at radius 1 is 1.20 bits per heavy atom. The van der Waals surface area contributed by atoms with Crippen LogP contribution in [0.3, 0.4) is 0 Å². The molecule has 1 atom stereocenters. The molecule has 10 heavy (non-hydrogen) atoms. The number of rotatable bonds is 2. The van der Waals surface area contributed by atoms with Crippen LogP contribution in [0.2, 0.25) is 0 Å². The number of fused-ring (bicyclic) bond motifs is 2. The Labute approximate surface area is 62.4 Å². The van der Waals surface area contributed by atoms with Gasteiger partial charge in [0.25, 0.3) is 0 Å². The van der Waals surface area contributed by atoms with Gasteiger partial charge in [-0.25, -0.2) is 0 Å². The summed E-state index contributed by atoms with van der Waals surface area (Å²) in [6.45, 7) is 0.409. The van der Waals surface area contributed by atoms with Crippen molar-refractivity contribution in [2.75, 3.05) is 6.61 Å². The minimum Gasteiger partial charge on any atom is -0.396 e. The second-order valence-electron chi connectivity index (χ2n) is 3.95. The van der Waals surface area contributed by atoms with Crippen molar-refractivity contribution in [3.05, 3.63) is 0 Å². The van der Waals surface area contributed by atoms with Gasteiger partial charge in [0.05, 0.1) is 0 Å². The lowest BCUT2D eigenvalue weighted by Gasteiger charge is -2.46. The van der Waals surface area contributed by atoms with Gasteiger partial charge in [-0.15, -0.1) is 0 Å². The summed E-state index contributed by atoms with van der Waals surface area (Å²) in [5.41, 5.74) is 0. The SMILES string of the molecule is OCCC1CCC2CC1C2. The van der Waals surface area contributed by atoms with Crippen molar-refractivity contribution in [2.24, 2.45) is 17.8 Å². The lowest BCUT2D eigenvalue weighted by molar-refractivity contribution is 0.0358. The van der Waals surface area contributed by atoms with Crippen LogP contribution in [-0.4, -0.2) is 11.7 Å². The van der Waals surface area contributed by atoms with Gasteiger partial charge in [-0.3, -0.25) is 0 Å². The molecule has 2 bridgehead atoms. The highest BCUT2D eigenvalue weighted by atomic mass is 16.3. The van der Waals surface area contributed by atoms with Crippen LogP contribution < -0.4 is 0 Å². The van der Waals surface area contributed by atoms with Crippen molar-refractivity contribution >= 4 is 0 Å². The zero-order valence-corrected chi connectivity index (χ0v) is 6.42. The lowest BCUT2D eigenvalue weighted by atomic mass is 9.59. The molecule has 3 aliphatic rings. The molecule has 0 spiro atoms. The van der Waals surface area contributed by atoms with Crippen molar-refractivity contribution in [1.82, 2.24) is 0 Å². The van der Waals surface area contributed by atoms with Crippen molar-refractivity contribution < 1.29 is 5.11 Å². The van der Waals surface area contributed by atoms with E-state index in [2.05, 4.69) is 0 Å². The molecule has 3 saturated carbocycles. The fourth-order valence-electron chi connectivity index (χ4n) is 2.64. The van der Waals surface area contributed by atoms with Gasteiger partial charge in [-0.2, -0.15) is 0 Å². The number of aliphatic hydroxyl groups is 1. The first-order valence-electron chi connectivity index (χ1n) is 4.51. The van der Waals surface area contributed by atoms with Gasteiger partial charge in [0.1, 0.15) is 0 Å².